The van der Waals surface area contributed by atoms with Crippen molar-refractivity contribution in [2.24, 2.45) is 0 Å². The van der Waals surface area contributed by atoms with Crippen LogP contribution in [0.5, 0.6) is 11.5 Å². The van der Waals surface area contributed by atoms with Crippen molar-refractivity contribution in [2.45, 2.75) is 25.9 Å². The second-order valence-corrected chi connectivity index (χ2v) is 5.89. The van der Waals surface area contributed by atoms with E-state index < -0.39 is 0 Å². The van der Waals surface area contributed by atoms with Crippen molar-refractivity contribution in [3.05, 3.63) is 24.4 Å². The molecule has 110 valence electrons. The van der Waals surface area contributed by atoms with Gasteiger partial charge in [-0.2, -0.15) is 0 Å². The van der Waals surface area contributed by atoms with E-state index in [0.29, 0.717) is 0 Å². The number of ether oxygens (including phenoxy) is 2. The predicted octanol–water partition coefficient (Wildman–Crippen LogP) is 3.00. The highest BCUT2D eigenvalue weighted by Gasteiger charge is 2.23. The van der Waals surface area contributed by atoms with Crippen molar-refractivity contribution < 1.29 is 9.47 Å². The highest BCUT2D eigenvalue weighted by Crippen LogP contribution is 2.36. The highest BCUT2D eigenvalue weighted by molar-refractivity contribution is 5.88. The van der Waals surface area contributed by atoms with Gasteiger partial charge in [-0.25, -0.2) is 0 Å². The Kier molecular flexibility index (Phi) is 3.95. The van der Waals surface area contributed by atoms with Gasteiger partial charge in [0.25, 0.3) is 0 Å². The largest absolute Gasteiger partial charge is 0.493 e. The molecular formula is C16H24N2O2. The normalized spacial score (nSPS) is 12.2. The lowest BCUT2D eigenvalue weighted by Gasteiger charge is -2.33. The number of hydrogen-bond acceptors (Lipinski definition) is 3. The summed E-state index contributed by atoms with van der Waals surface area (Å²) in [5.41, 5.74) is 1.14. The summed E-state index contributed by atoms with van der Waals surface area (Å²) in [5.74, 6) is 1.56. The van der Waals surface area contributed by atoms with E-state index in [-0.39, 0.29) is 5.54 Å². The van der Waals surface area contributed by atoms with Gasteiger partial charge in [0.2, 0.25) is 0 Å². The van der Waals surface area contributed by atoms with Crippen LogP contribution in [0.4, 0.5) is 0 Å². The minimum absolute atomic E-state index is 0.0556. The van der Waals surface area contributed by atoms with Gasteiger partial charge in [-0.15, -0.1) is 0 Å². The fourth-order valence-corrected chi connectivity index (χ4v) is 2.29. The Balaban J connectivity index is 2.55. The zero-order valence-corrected chi connectivity index (χ0v) is 13.2. The van der Waals surface area contributed by atoms with E-state index in [2.05, 4.69) is 55.7 Å². The molecule has 1 aromatic heterocycles. The Labute approximate surface area is 120 Å². The molecule has 0 aliphatic heterocycles. The van der Waals surface area contributed by atoms with E-state index in [0.717, 1.165) is 28.9 Å². The molecule has 2 rings (SSSR count). The van der Waals surface area contributed by atoms with Gasteiger partial charge in [-0.3, -0.25) is 0 Å². The first-order valence-electron chi connectivity index (χ1n) is 6.78. The van der Waals surface area contributed by atoms with Crippen LogP contribution in [0.1, 0.15) is 13.8 Å². The monoisotopic (exact) mass is 276 g/mol. The number of rotatable bonds is 5. The molecule has 0 saturated carbocycles. The number of aromatic nitrogens is 1. The van der Waals surface area contributed by atoms with Crippen molar-refractivity contribution in [1.29, 1.82) is 0 Å². The van der Waals surface area contributed by atoms with Gasteiger partial charge in [0, 0.05) is 23.7 Å². The van der Waals surface area contributed by atoms with Crippen LogP contribution >= 0.6 is 0 Å². The molecule has 1 heterocycles. The van der Waals surface area contributed by atoms with Crippen molar-refractivity contribution in [3.63, 3.8) is 0 Å². The quantitative estimate of drug-likeness (QED) is 0.840. The lowest BCUT2D eigenvalue weighted by atomic mass is 10.0. The smallest absolute Gasteiger partial charge is 0.185 e. The molecule has 0 saturated heterocycles. The highest BCUT2D eigenvalue weighted by atomic mass is 16.5. The summed E-state index contributed by atoms with van der Waals surface area (Å²) in [5, 5.41) is 1.16. The second kappa shape index (κ2) is 5.37. The van der Waals surface area contributed by atoms with Crippen LogP contribution < -0.4 is 9.47 Å². The van der Waals surface area contributed by atoms with E-state index in [4.69, 9.17) is 9.47 Å². The van der Waals surface area contributed by atoms with Crippen LogP contribution in [0.2, 0.25) is 0 Å². The molecule has 0 aliphatic rings. The molecule has 4 nitrogen and oxygen atoms in total. The number of benzene rings is 1. The molecule has 0 bridgehead atoms. The van der Waals surface area contributed by atoms with Crippen LogP contribution in [-0.4, -0.2) is 43.3 Å². The zero-order chi connectivity index (χ0) is 14.9. The van der Waals surface area contributed by atoms with Crippen molar-refractivity contribution in [2.75, 3.05) is 28.3 Å². The van der Waals surface area contributed by atoms with E-state index >= 15 is 0 Å². The van der Waals surface area contributed by atoms with Crippen LogP contribution in [0, 0.1) is 0 Å². The lowest BCUT2D eigenvalue weighted by Crippen LogP contribution is -2.41. The minimum atomic E-state index is 0.0556. The first kappa shape index (κ1) is 14.7. The van der Waals surface area contributed by atoms with Crippen LogP contribution in [0.3, 0.4) is 0 Å². The van der Waals surface area contributed by atoms with Crippen LogP contribution in [-0.2, 0) is 6.54 Å². The Morgan fingerprint density at radius 1 is 1.10 bits per heavy atom. The van der Waals surface area contributed by atoms with Gasteiger partial charge in [0.05, 0.1) is 19.7 Å². The number of likely N-dealkylation sites (N-methyl/N-ethyl adjacent to an activating group) is 1. The van der Waals surface area contributed by atoms with Gasteiger partial charge < -0.3 is 18.9 Å². The van der Waals surface area contributed by atoms with E-state index in [1.165, 1.54) is 0 Å². The summed E-state index contributed by atoms with van der Waals surface area (Å²) < 4.78 is 13.2. The third-order valence-corrected chi connectivity index (χ3v) is 4.04. The van der Waals surface area contributed by atoms with Crippen molar-refractivity contribution in [3.8, 4) is 11.5 Å². The minimum Gasteiger partial charge on any atom is -0.493 e. The predicted molar refractivity (Wildman–Crippen MR) is 82.8 cm³/mol. The van der Waals surface area contributed by atoms with Crippen LogP contribution in [0.25, 0.3) is 10.9 Å². The van der Waals surface area contributed by atoms with E-state index in [9.17, 15) is 0 Å². The Morgan fingerprint density at radius 2 is 1.80 bits per heavy atom. The van der Waals surface area contributed by atoms with Crippen molar-refractivity contribution >= 4 is 10.9 Å². The summed E-state index contributed by atoms with van der Waals surface area (Å²) >= 11 is 0. The SMILES string of the molecule is COc1ccc2ccn(CC(C)(C)N(C)C)c2c1OC. The first-order chi connectivity index (χ1) is 9.40. The Morgan fingerprint density at radius 3 is 2.35 bits per heavy atom. The Bertz CT molecular complexity index is 600. The molecule has 1 aromatic carbocycles. The van der Waals surface area contributed by atoms with Gasteiger partial charge >= 0.3 is 0 Å². The molecular weight excluding hydrogens is 252 g/mol. The van der Waals surface area contributed by atoms with Gasteiger partial charge in [-0.05, 0) is 46.1 Å². The van der Waals surface area contributed by atoms with Gasteiger partial charge in [0.15, 0.2) is 11.5 Å². The molecule has 0 aliphatic carbocycles. The maximum absolute atomic E-state index is 5.56. The molecule has 0 radical (unpaired) electrons. The molecule has 2 aromatic rings. The average Bonchev–Trinajstić information content (AvgIpc) is 2.80. The van der Waals surface area contributed by atoms with E-state index in [1.807, 2.05) is 6.07 Å². The molecule has 0 atom stereocenters. The molecule has 0 amide bonds. The maximum Gasteiger partial charge on any atom is 0.185 e. The first-order valence-corrected chi connectivity index (χ1v) is 6.78. The summed E-state index contributed by atoms with van der Waals surface area (Å²) in [6.07, 6.45) is 2.11. The standard InChI is InChI=1S/C16H24N2O2/c1-16(2,17(3)4)11-18-10-9-12-7-8-13(19-5)15(20-6)14(12)18/h7-10H,11H2,1-6H3. The number of hydrogen-bond donors (Lipinski definition) is 0. The fraction of sp³-hybridized carbons (Fsp3) is 0.500. The summed E-state index contributed by atoms with van der Waals surface area (Å²) in [6.45, 7) is 5.34. The molecule has 20 heavy (non-hydrogen) atoms. The third kappa shape index (κ3) is 2.48. The summed E-state index contributed by atoms with van der Waals surface area (Å²) in [7, 11) is 7.56. The molecule has 0 spiro atoms. The summed E-state index contributed by atoms with van der Waals surface area (Å²) in [6, 6.07) is 6.13. The molecule has 0 N–H and O–H groups in total. The number of methoxy groups -OCH3 is 2. The average molecular weight is 276 g/mol. The number of nitrogens with zero attached hydrogens (tertiary/aromatic N) is 2. The maximum atomic E-state index is 5.56. The lowest BCUT2D eigenvalue weighted by molar-refractivity contribution is 0.171. The fourth-order valence-electron chi connectivity index (χ4n) is 2.29. The topological polar surface area (TPSA) is 26.6 Å². The van der Waals surface area contributed by atoms with Crippen molar-refractivity contribution in [1.82, 2.24) is 9.47 Å². The van der Waals surface area contributed by atoms with Gasteiger partial charge in [-0.1, -0.05) is 0 Å². The molecule has 0 fully saturated rings. The molecule has 4 heteroatoms. The third-order valence-electron chi connectivity index (χ3n) is 4.04. The zero-order valence-electron chi connectivity index (χ0n) is 13.2. The Hall–Kier alpha value is -1.68. The second-order valence-electron chi connectivity index (χ2n) is 5.89. The number of fused-ring (bicyclic) bond motifs is 1. The van der Waals surface area contributed by atoms with Crippen LogP contribution in [0.15, 0.2) is 24.4 Å². The van der Waals surface area contributed by atoms with Gasteiger partial charge in [0.1, 0.15) is 0 Å². The summed E-state index contributed by atoms with van der Waals surface area (Å²) in [4.78, 5) is 2.23. The van der Waals surface area contributed by atoms with E-state index in [1.54, 1.807) is 14.2 Å². The molecule has 0 unspecified atom stereocenters.